The highest BCUT2D eigenvalue weighted by molar-refractivity contribution is 7.12. The molecule has 2 rings (SSSR count). The van der Waals surface area contributed by atoms with Crippen LogP contribution in [0.5, 0.6) is 0 Å². The van der Waals surface area contributed by atoms with E-state index in [1.807, 2.05) is 0 Å². The van der Waals surface area contributed by atoms with Crippen molar-refractivity contribution in [2.75, 3.05) is 6.54 Å². The number of likely N-dealkylation sites (tertiary alicyclic amines) is 1. The van der Waals surface area contributed by atoms with Crippen LogP contribution >= 0.6 is 11.3 Å². The van der Waals surface area contributed by atoms with E-state index in [1.165, 1.54) is 23.2 Å². The second-order valence-electron chi connectivity index (χ2n) is 5.70. The van der Waals surface area contributed by atoms with Gasteiger partial charge in [-0.2, -0.15) is 0 Å². The summed E-state index contributed by atoms with van der Waals surface area (Å²) in [5.74, 6) is -2.48. The summed E-state index contributed by atoms with van der Waals surface area (Å²) in [7, 11) is 0. The number of hydrogen-bond donors (Lipinski definition) is 1. The summed E-state index contributed by atoms with van der Waals surface area (Å²) in [6.07, 6.45) is 0.935. The van der Waals surface area contributed by atoms with E-state index in [4.69, 9.17) is 5.11 Å². The maximum absolute atomic E-state index is 12.3. The molecule has 0 spiro atoms. The van der Waals surface area contributed by atoms with E-state index in [9.17, 15) is 19.2 Å². The summed E-state index contributed by atoms with van der Waals surface area (Å²) in [6.45, 7) is 1.75. The van der Waals surface area contributed by atoms with Crippen molar-refractivity contribution >= 4 is 34.8 Å². The molecule has 1 unspecified atom stereocenters. The van der Waals surface area contributed by atoms with E-state index in [0.717, 1.165) is 0 Å². The van der Waals surface area contributed by atoms with Crippen LogP contribution in [-0.4, -0.2) is 46.0 Å². The Labute approximate surface area is 138 Å². The van der Waals surface area contributed by atoms with Crippen molar-refractivity contribution in [3.63, 3.8) is 0 Å². The van der Waals surface area contributed by atoms with Crippen molar-refractivity contribution < 1.29 is 24.3 Å². The third-order valence-corrected chi connectivity index (χ3v) is 4.99. The molecule has 2 atom stereocenters. The van der Waals surface area contributed by atoms with Crippen molar-refractivity contribution in [3.05, 3.63) is 22.4 Å². The summed E-state index contributed by atoms with van der Waals surface area (Å²) in [5.41, 5.74) is 0. The van der Waals surface area contributed by atoms with E-state index < -0.39 is 17.9 Å². The first-order chi connectivity index (χ1) is 10.9. The van der Waals surface area contributed by atoms with Gasteiger partial charge in [0.25, 0.3) is 0 Å². The fourth-order valence-corrected chi connectivity index (χ4v) is 3.45. The number of carboxylic acid groups (broad SMARTS) is 1. The molecule has 124 valence electrons. The molecule has 1 aliphatic heterocycles. The number of hydrogen-bond acceptors (Lipinski definition) is 5. The number of Topliss-reactive ketones (excluding diaryl/α,β-unsaturated/α-hetero) is 2. The van der Waals surface area contributed by atoms with E-state index in [2.05, 4.69) is 0 Å². The molecule has 1 N–H and O–H groups in total. The minimum absolute atomic E-state index is 0.0207. The smallest absolute Gasteiger partial charge is 0.326 e. The fraction of sp³-hybridized carbons (Fsp3) is 0.500. The van der Waals surface area contributed by atoms with Crippen molar-refractivity contribution in [1.82, 2.24) is 4.90 Å². The SMILES string of the molecule is CC(=O)C(CC(=O)c1cccs1)CC(=O)N1CCC[C@H]1C(=O)O. The van der Waals surface area contributed by atoms with Gasteiger partial charge < -0.3 is 10.0 Å². The van der Waals surface area contributed by atoms with Gasteiger partial charge in [-0.15, -0.1) is 11.3 Å². The van der Waals surface area contributed by atoms with Crippen LogP contribution in [0.2, 0.25) is 0 Å². The van der Waals surface area contributed by atoms with E-state index >= 15 is 0 Å². The van der Waals surface area contributed by atoms with Crippen LogP contribution in [0.1, 0.15) is 42.3 Å². The second-order valence-corrected chi connectivity index (χ2v) is 6.65. The summed E-state index contributed by atoms with van der Waals surface area (Å²) in [5, 5.41) is 10.9. The van der Waals surface area contributed by atoms with Crippen LogP contribution in [0.3, 0.4) is 0 Å². The Morgan fingerprint density at radius 1 is 1.35 bits per heavy atom. The lowest BCUT2D eigenvalue weighted by Gasteiger charge is -2.23. The zero-order chi connectivity index (χ0) is 17.0. The van der Waals surface area contributed by atoms with Crippen LogP contribution in [0.15, 0.2) is 17.5 Å². The molecule has 1 aromatic rings. The topological polar surface area (TPSA) is 91.8 Å². The molecule has 1 aromatic heterocycles. The third-order valence-electron chi connectivity index (χ3n) is 4.08. The molecule has 1 aliphatic rings. The van der Waals surface area contributed by atoms with Crippen molar-refractivity contribution in [1.29, 1.82) is 0 Å². The average Bonchev–Trinajstić information content (AvgIpc) is 3.17. The normalized spacial score (nSPS) is 18.7. The second kappa shape index (κ2) is 7.50. The maximum atomic E-state index is 12.3. The molecule has 0 aliphatic carbocycles. The Hall–Kier alpha value is -2.02. The largest absolute Gasteiger partial charge is 0.480 e. The summed E-state index contributed by atoms with van der Waals surface area (Å²) < 4.78 is 0. The number of aliphatic carboxylic acids is 1. The molecule has 0 aromatic carbocycles. The molecule has 23 heavy (non-hydrogen) atoms. The summed E-state index contributed by atoms with van der Waals surface area (Å²) in [4.78, 5) is 49.3. The average molecular weight is 337 g/mol. The first-order valence-electron chi connectivity index (χ1n) is 7.49. The summed E-state index contributed by atoms with van der Waals surface area (Å²) >= 11 is 1.30. The number of carbonyl (C=O) groups is 4. The Kier molecular flexibility index (Phi) is 5.65. The van der Waals surface area contributed by atoms with Gasteiger partial charge in [-0.1, -0.05) is 6.07 Å². The van der Waals surface area contributed by atoms with Gasteiger partial charge in [0.15, 0.2) is 5.78 Å². The highest BCUT2D eigenvalue weighted by Crippen LogP contribution is 2.23. The van der Waals surface area contributed by atoms with Gasteiger partial charge in [0, 0.05) is 25.3 Å². The molecule has 1 saturated heterocycles. The number of thiophene rings is 1. The third kappa shape index (κ3) is 4.25. The lowest BCUT2D eigenvalue weighted by atomic mass is 9.93. The van der Waals surface area contributed by atoms with Gasteiger partial charge in [-0.05, 0) is 31.2 Å². The molecule has 7 heteroatoms. The van der Waals surface area contributed by atoms with Crippen LogP contribution in [0.25, 0.3) is 0 Å². The van der Waals surface area contributed by atoms with Crippen LogP contribution in [0, 0.1) is 5.92 Å². The van der Waals surface area contributed by atoms with Gasteiger partial charge in [-0.25, -0.2) is 4.79 Å². The first-order valence-corrected chi connectivity index (χ1v) is 8.37. The van der Waals surface area contributed by atoms with Gasteiger partial charge >= 0.3 is 5.97 Å². The van der Waals surface area contributed by atoms with Gasteiger partial charge in [0.1, 0.15) is 11.8 Å². The quantitative estimate of drug-likeness (QED) is 0.768. The predicted molar refractivity (Wildman–Crippen MR) is 84.4 cm³/mol. The highest BCUT2D eigenvalue weighted by Gasteiger charge is 2.35. The maximum Gasteiger partial charge on any atom is 0.326 e. The van der Waals surface area contributed by atoms with Crippen LogP contribution in [-0.2, 0) is 14.4 Å². The van der Waals surface area contributed by atoms with E-state index in [1.54, 1.807) is 17.5 Å². The zero-order valence-electron chi connectivity index (χ0n) is 12.9. The minimum atomic E-state index is -1.02. The molecule has 0 saturated carbocycles. The highest BCUT2D eigenvalue weighted by atomic mass is 32.1. The Morgan fingerprint density at radius 3 is 2.65 bits per heavy atom. The standard InChI is InChI=1S/C16H19NO5S/c1-10(18)11(8-13(19)14-5-3-7-23-14)9-15(20)17-6-2-4-12(17)16(21)22/h3,5,7,11-12H,2,4,6,8-9H2,1H3,(H,21,22)/t11?,12-/m0/s1. The number of nitrogens with zero attached hydrogens (tertiary/aromatic N) is 1. The number of ketones is 2. The van der Waals surface area contributed by atoms with Gasteiger partial charge in [0.2, 0.25) is 5.91 Å². The molecule has 0 bridgehead atoms. The van der Waals surface area contributed by atoms with E-state index in [0.29, 0.717) is 24.3 Å². The van der Waals surface area contributed by atoms with E-state index in [-0.39, 0.29) is 30.3 Å². The zero-order valence-corrected chi connectivity index (χ0v) is 13.7. The Balaban J connectivity index is 2.01. The van der Waals surface area contributed by atoms with Crippen LogP contribution in [0.4, 0.5) is 0 Å². The number of rotatable bonds is 7. The molecular formula is C16H19NO5S. The Morgan fingerprint density at radius 2 is 2.09 bits per heavy atom. The monoisotopic (exact) mass is 337 g/mol. The fourth-order valence-electron chi connectivity index (χ4n) is 2.77. The molecule has 2 heterocycles. The predicted octanol–water partition coefficient (Wildman–Crippen LogP) is 1.99. The number of carboxylic acids is 1. The number of amides is 1. The molecule has 1 fully saturated rings. The number of carbonyl (C=O) groups excluding carboxylic acids is 3. The lowest BCUT2D eigenvalue weighted by Crippen LogP contribution is -2.41. The minimum Gasteiger partial charge on any atom is -0.480 e. The van der Waals surface area contributed by atoms with Gasteiger partial charge in [0.05, 0.1) is 4.88 Å². The molecule has 0 radical (unpaired) electrons. The summed E-state index contributed by atoms with van der Waals surface area (Å²) in [6, 6.07) is 2.63. The Bertz CT molecular complexity index is 610. The molecule has 1 amide bonds. The van der Waals surface area contributed by atoms with Crippen LogP contribution < -0.4 is 0 Å². The van der Waals surface area contributed by atoms with Gasteiger partial charge in [-0.3, -0.25) is 14.4 Å². The molecular weight excluding hydrogens is 318 g/mol. The lowest BCUT2D eigenvalue weighted by molar-refractivity contribution is -0.148. The van der Waals surface area contributed by atoms with Crippen molar-refractivity contribution in [2.24, 2.45) is 5.92 Å². The molecule has 6 nitrogen and oxygen atoms in total. The van der Waals surface area contributed by atoms with Crippen molar-refractivity contribution in [2.45, 2.75) is 38.6 Å². The van der Waals surface area contributed by atoms with Crippen molar-refractivity contribution in [3.8, 4) is 0 Å². The first kappa shape index (κ1) is 17.3.